The molecule has 7 nitrogen and oxygen atoms in total. The summed E-state index contributed by atoms with van der Waals surface area (Å²) in [4.78, 5) is 34.4. The van der Waals surface area contributed by atoms with Crippen molar-refractivity contribution in [2.75, 3.05) is 0 Å². The lowest BCUT2D eigenvalue weighted by Crippen LogP contribution is -2.19. The summed E-state index contributed by atoms with van der Waals surface area (Å²) in [6.07, 6.45) is 0. The molecule has 0 unspecified atom stereocenters. The topological polar surface area (TPSA) is 98.0 Å². The number of fused-ring (bicyclic) bond motifs is 1. The van der Waals surface area contributed by atoms with E-state index in [1.807, 2.05) is 0 Å². The smallest absolute Gasteiger partial charge is 0.305 e. The molecule has 1 heterocycles. The minimum absolute atomic E-state index is 0.178. The molecule has 16 heavy (non-hydrogen) atoms. The minimum Gasteiger partial charge on any atom is -0.305 e. The number of nitro groups is 1. The number of nitrogens with zero attached hydrogens (tertiary/aromatic N) is 2. The van der Waals surface area contributed by atoms with Crippen LogP contribution < -0.4 is 5.69 Å². The van der Waals surface area contributed by atoms with Gasteiger partial charge in [-0.15, -0.1) is 0 Å². The molecule has 0 spiro atoms. The number of halogens is 1. The highest BCUT2D eigenvalue weighted by Gasteiger charge is 2.14. The van der Waals surface area contributed by atoms with Crippen LogP contribution >= 0.6 is 11.6 Å². The fraction of sp³-hybridized carbons (Fsp3) is 0. The van der Waals surface area contributed by atoms with Gasteiger partial charge in [-0.25, -0.2) is 9.36 Å². The number of aromatic amines is 1. The van der Waals surface area contributed by atoms with E-state index in [-0.39, 0.29) is 16.7 Å². The quantitative estimate of drug-likeness (QED) is 0.464. The molecule has 82 valence electrons. The zero-order valence-electron chi connectivity index (χ0n) is 7.64. The lowest BCUT2D eigenvalue weighted by atomic mass is 10.3. The number of nitrogens with one attached hydrogen (secondary N) is 1. The first-order valence-corrected chi connectivity index (χ1v) is 4.47. The molecular formula is C8H4ClN3O4. The number of hydrogen-bond donors (Lipinski definition) is 1. The van der Waals surface area contributed by atoms with Crippen LogP contribution in [-0.4, -0.2) is 19.8 Å². The molecule has 0 saturated heterocycles. The second kappa shape index (κ2) is 3.46. The molecule has 0 aliphatic heterocycles. The van der Waals surface area contributed by atoms with Crippen LogP contribution in [0.25, 0.3) is 11.0 Å². The fourth-order valence-corrected chi connectivity index (χ4v) is 1.56. The van der Waals surface area contributed by atoms with E-state index >= 15 is 0 Å². The number of hydrogen-bond acceptors (Lipinski definition) is 4. The molecular weight excluding hydrogens is 238 g/mol. The number of nitro benzene ring substituents is 1. The van der Waals surface area contributed by atoms with Gasteiger partial charge in [0.2, 0.25) is 0 Å². The van der Waals surface area contributed by atoms with Gasteiger partial charge in [-0.05, 0) is 17.7 Å². The van der Waals surface area contributed by atoms with Crippen molar-refractivity contribution in [1.82, 2.24) is 9.55 Å². The van der Waals surface area contributed by atoms with Gasteiger partial charge in [0, 0.05) is 12.1 Å². The van der Waals surface area contributed by atoms with E-state index in [0.717, 1.165) is 6.07 Å². The van der Waals surface area contributed by atoms with Crippen molar-refractivity contribution in [2.24, 2.45) is 0 Å². The zero-order valence-corrected chi connectivity index (χ0v) is 8.39. The number of carbonyl (C=O) groups is 1. The Kier molecular flexibility index (Phi) is 2.24. The first-order valence-electron chi connectivity index (χ1n) is 4.09. The summed E-state index contributed by atoms with van der Waals surface area (Å²) in [6.45, 7) is 0. The van der Waals surface area contributed by atoms with Crippen molar-refractivity contribution >= 4 is 33.7 Å². The van der Waals surface area contributed by atoms with Crippen molar-refractivity contribution < 1.29 is 9.72 Å². The fourth-order valence-electron chi connectivity index (χ4n) is 1.39. The lowest BCUT2D eigenvalue weighted by molar-refractivity contribution is -0.384. The van der Waals surface area contributed by atoms with Crippen molar-refractivity contribution in [3.63, 3.8) is 0 Å². The molecule has 0 radical (unpaired) electrons. The summed E-state index contributed by atoms with van der Waals surface area (Å²) in [5.74, 6) is 0. The normalized spacial score (nSPS) is 10.6. The number of non-ortho nitro benzene ring substituents is 1. The summed E-state index contributed by atoms with van der Waals surface area (Å²) in [6, 6.07) is 3.63. The van der Waals surface area contributed by atoms with E-state index in [2.05, 4.69) is 4.98 Å². The van der Waals surface area contributed by atoms with E-state index in [9.17, 15) is 19.7 Å². The standard InChI is InChI=1S/C8H4ClN3O4/c9-7(13)11-6-2-1-4(12(15)16)3-5(6)10-8(11)14/h1-3H,(H,10,14). The van der Waals surface area contributed by atoms with Crippen LogP contribution in [0, 0.1) is 10.1 Å². The molecule has 0 aliphatic rings. The Hall–Kier alpha value is -2.15. The molecule has 0 atom stereocenters. The van der Waals surface area contributed by atoms with E-state index in [4.69, 9.17) is 11.6 Å². The molecule has 0 saturated carbocycles. The SMILES string of the molecule is O=C(Cl)n1c(=O)[nH]c2cc([N+](=O)[O-])ccc21. The van der Waals surface area contributed by atoms with Crippen LogP contribution in [0.2, 0.25) is 0 Å². The number of carbonyl (C=O) groups excluding carboxylic acids is 1. The van der Waals surface area contributed by atoms with Crippen molar-refractivity contribution in [2.45, 2.75) is 0 Å². The third-order valence-corrected chi connectivity index (χ3v) is 2.22. The van der Waals surface area contributed by atoms with Gasteiger partial charge in [0.1, 0.15) is 0 Å². The number of H-pyrrole nitrogens is 1. The Morgan fingerprint density at radius 1 is 1.50 bits per heavy atom. The molecule has 0 fully saturated rings. The molecule has 0 amide bonds. The van der Waals surface area contributed by atoms with Gasteiger partial charge in [-0.2, -0.15) is 0 Å². The van der Waals surface area contributed by atoms with Crippen molar-refractivity contribution in [1.29, 1.82) is 0 Å². The molecule has 0 aliphatic carbocycles. The number of aromatic nitrogens is 2. The summed E-state index contributed by atoms with van der Waals surface area (Å²) in [7, 11) is 0. The summed E-state index contributed by atoms with van der Waals surface area (Å²) in [5.41, 5.74) is -0.512. The predicted octanol–water partition coefficient (Wildman–Crippen LogP) is 1.44. The highest BCUT2D eigenvalue weighted by atomic mass is 35.5. The van der Waals surface area contributed by atoms with Gasteiger partial charge in [-0.3, -0.25) is 14.9 Å². The van der Waals surface area contributed by atoms with Crippen LogP contribution in [0.15, 0.2) is 23.0 Å². The second-order valence-corrected chi connectivity index (χ2v) is 3.30. The summed E-state index contributed by atoms with van der Waals surface area (Å²) < 4.78 is 0.695. The molecule has 1 aromatic carbocycles. The third-order valence-electron chi connectivity index (χ3n) is 2.05. The first-order chi connectivity index (χ1) is 7.50. The Labute approximate surface area is 92.4 Å². The largest absolute Gasteiger partial charge is 0.334 e. The highest BCUT2D eigenvalue weighted by molar-refractivity contribution is 6.63. The molecule has 2 rings (SSSR count). The summed E-state index contributed by atoms with van der Waals surface area (Å²) in [5, 5.41) is 9.52. The Balaban J connectivity index is 2.80. The van der Waals surface area contributed by atoms with Crippen LogP contribution in [0.4, 0.5) is 10.5 Å². The second-order valence-electron chi connectivity index (χ2n) is 2.98. The van der Waals surface area contributed by atoms with E-state index in [1.54, 1.807) is 0 Å². The van der Waals surface area contributed by atoms with Crippen molar-refractivity contribution in [3.05, 3.63) is 38.8 Å². The number of benzene rings is 1. The van der Waals surface area contributed by atoms with Gasteiger partial charge < -0.3 is 4.98 Å². The average molecular weight is 242 g/mol. The maximum Gasteiger partial charge on any atom is 0.334 e. The molecule has 0 bridgehead atoms. The average Bonchev–Trinajstić information content (AvgIpc) is 2.51. The van der Waals surface area contributed by atoms with Gasteiger partial charge in [-0.1, -0.05) is 0 Å². The molecule has 1 aromatic heterocycles. The maximum absolute atomic E-state index is 11.3. The number of imidazole rings is 1. The van der Waals surface area contributed by atoms with Gasteiger partial charge >= 0.3 is 11.1 Å². The Morgan fingerprint density at radius 2 is 2.19 bits per heavy atom. The lowest BCUT2D eigenvalue weighted by Gasteiger charge is -1.94. The molecule has 8 heteroatoms. The Morgan fingerprint density at radius 3 is 2.75 bits per heavy atom. The van der Waals surface area contributed by atoms with Crippen LogP contribution in [0.5, 0.6) is 0 Å². The zero-order chi connectivity index (χ0) is 11.9. The molecule has 1 N–H and O–H groups in total. The van der Waals surface area contributed by atoms with Crippen LogP contribution in [0.1, 0.15) is 0 Å². The summed E-state index contributed by atoms with van der Waals surface area (Å²) >= 11 is 5.20. The minimum atomic E-state index is -0.967. The first kappa shape index (κ1) is 10.4. The van der Waals surface area contributed by atoms with E-state index < -0.39 is 16.0 Å². The van der Waals surface area contributed by atoms with E-state index in [1.165, 1.54) is 12.1 Å². The highest BCUT2D eigenvalue weighted by Crippen LogP contribution is 2.18. The van der Waals surface area contributed by atoms with Gasteiger partial charge in [0.15, 0.2) is 0 Å². The van der Waals surface area contributed by atoms with Crippen LogP contribution in [-0.2, 0) is 0 Å². The van der Waals surface area contributed by atoms with Crippen molar-refractivity contribution in [3.8, 4) is 0 Å². The van der Waals surface area contributed by atoms with Crippen LogP contribution in [0.3, 0.4) is 0 Å². The van der Waals surface area contributed by atoms with Gasteiger partial charge in [0.25, 0.3) is 5.69 Å². The maximum atomic E-state index is 11.3. The van der Waals surface area contributed by atoms with Gasteiger partial charge in [0.05, 0.1) is 16.0 Å². The predicted molar refractivity (Wildman–Crippen MR) is 55.9 cm³/mol. The molecule has 2 aromatic rings. The number of rotatable bonds is 1. The van der Waals surface area contributed by atoms with E-state index in [0.29, 0.717) is 4.57 Å². The Bertz CT molecular complexity index is 657. The third kappa shape index (κ3) is 1.47. The monoisotopic (exact) mass is 241 g/mol.